The number of carbonyl (C=O) groups is 1. The Morgan fingerprint density at radius 3 is 2.74 bits per heavy atom. The molecule has 1 fully saturated rings. The third-order valence-electron chi connectivity index (χ3n) is 4.15. The maximum atomic E-state index is 13.2. The second-order valence-electron chi connectivity index (χ2n) is 5.72. The van der Waals surface area contributed by atoms with Crippen LogP contribution in [0.1, 0.15) is 18.4 Å². The highest BCUT2D eigenvalue weighted by atomic mass is 79.9. The molecule has 0 radical (unpaired) electrons. The van der Waals surface area contributed by atoms with Crippen molar-refractivity contribution < 1.29 is 13.9 Å². The van der Waals surface area contributed by atoms with Crippen molar-refractivity contribution in [2.24, 2.45) is 5.41 Å². The van der Waals surface area contributed by atoms with Gasteiger partial charge < -0.3 is 15.4 Å². The van der Waals surface area contributed by atoms with Gasteiger partial charge in [-0.3, -0.25) is 4.79 Å². The van der Waals surface area contributed by atoms with Crippen LogP contribution in [0.3, 0.4) is 0 Å². The average Bonchev–Trinajstić information content (AvgIpc) is 2.52. The van der Waals surface area contributed by atoms with Crippen LogP contribution in [0, 0.1) is 11.2 Å². The van der Waals surface area contributed by atoms with Crippen molar-refractivity contribution >= 4 is 34.2 Å². The number of carbonyl (C=O) groups excluding carboxylic acids is 1. The van der Waals surface area contributed by atoms with Gasteiger partial charge in [0.05, 0.1) is 16.5 Å². The van der Waals surface area contributed by atoms with Gasteiger partial charge in [0.2, 0.25) is 5.91 Å². The molecule has 0 spiro atoms. The number of benzene rings is 1. The van der Waals surface area contributed by atoms with E-state index < -0.39 is 5.41 Å². The van der Waals surface area contributed by atoms with E-state index in [1.807, 2.05) is 0 Å². The Bertz CT molecular complexity index is 519. The topological polar surface area (TPSA) is 50.4 Å². The third-order valence-corrected chi connectivity index (χ3v) is 4.75. The number of piperidine rings is 1. The van der Waals surface area contributed by atoms with E-state index in [1.165, 1.54) is 6.07 Å². The Balaban J connectivity index is 0.00000264. The zero-order chi connectivity index (χ0) is 16.0. The van der Waals surface area contributed by atoms with Gasteiger partial charge in [0.25, 0.3) is 0 Å². The Morgan fingerprint density at radius 1 is 1.43 bits per heavy atom. The fourth-order valence-electron chi connectivity index (χ4n) is 2.82. The fourth-order valence-corrected chi connectivity index (χ4v) is 3.25. The lowest BCUT2D eigenvalue weighted by atomic mass is 9.78. The molecule has 1 aliphatic heterocycles. The lowest BCUT2D eigenvalue weighted by molar-refractivity contribution is -0.136. The molecular weight excluding hydrogens is 387 g/mol. The van der Waals surface area contributed by atoms with Gasteiger partial charge in [0.15, 0.2) is 0 Å². The summed E-state index contributed by atoms with van der Waals surface area (Å²) in [6, 6.07) is 4.92. The van der Waals surface area contributed by atoms with Crippen molar-refractivity contribution in [2.45, 2.75) is 19.3 Å². The van der Waals surface area contributed by atoms with Gasteiger partial charge in [-0.1, -0.05) is 6.07 Å². The molecule has 1 aliphatic rings. The molecule has 0 saturated carbocycles. The van der Waals surface area contributed by atoms with E-state index in [2.05, 4.69) is 26.6 Å². The fraction of sp³-hybridized carbons (Fsp3) is 0.562. The van der Waals surface area contributed by atoms with Crippen molar-refractivity contribution in [3.63, 3.8) is 0 Å². The lowest BCUT2D eigenvalue weighted by Gasteiger charge is -2.35. The maximum Gasteiger partial charge on any atom is 0.228 e. The van der Waals surface area contributed by atoms with Crippen molar-refractivity contribution in [1.82, 2.24) is 10.6 Å². The molecule has 1 aromatic rings. The number of methoxy groups -OCH3 is 1. The van der Waals surface area contributed by atoms with Crippen LogP contribution in [0.25, 0.3) is 0 Å². The van der Waals surface area contributed by atoms with Crippen molar-refractivity contribution in [2.75, 3.05) is 33.4 Å². The first-order valence-corrected chi connectivity index (χ1v) is 8.28. The van der Waals surface area contributed by atoms with E-state index in [1.54, 1.807) is 19.2 Å². The third kappa shape index (κ3) is 5.41. The summed E-state index contributed by atoms with van der Waals surface area (Å²) in [5.74, 6) is -0.224. The molecule has 23 heavy (non-hydrogen) atoms. The van der Waals surface area contributed by atoms with E-state index in [4.69, 9.17) is 4.74 Å². The number of amides is 1. The second kappa shape index (κ2) is 9.57. The molecule has 0 bridgehead atoms. The summed E-state index contributed by atoms with van der Waals surface area (Å²) < 4.78 is 18.9. The first-order valence-electron chi connectivity index (χ1n) is 7.49. The van der Waals surface area contributed by atoms with Crippen LogP contribution in [0.4, 0.5) is 4.39 Å². The average molecular weight is 410 g/mol. The van der Waals surface area contributed by atoms with Gasteiger partial charge in [-0.2, -0.15) is 0 Å². The standard InChI is InChI=1S/C16H22BrFN2O2.ClH/c1-22-11-16(5-8-19-9-6-16)15(21)20-7-4-12-2-3-14(18)13(17)10-12;/h2-3,10,19H,4-9,11H2,1H3,(H,20,21);1H. The van der Waals surface area contributed by atoms with Crippen LogP contribution in [0.15, 0.2) is 22.7 Å². The van der Waals surface area contributed by atoms with Crippen LogP contribution in [-0.4, -0.2) is 39.3 Å². The molecule has 4 nitrogen and oxygen atoms in total. The number of rotatable bonds is 6. The van der Waals surface area contributed by atoms with Gasteiger partial charge in [-0.15, -0.1) is 12.4 Å². The molecule has 2 N–H and O–H groups in total. The van der Waals surface area contributed by atoms with Crippen LogP contribution in [0.2, 0.25) is 0 Å². The normalized spacial score (nSPS) is 16.5. The molecule has 0 unspecified atom stereocenters. The number of halogens is 3. The van der Waals surface area contributed by atoms with E-state index in [0.29, 0.717) is 24.0 Å². The first kappa shape index (κ1) is 20.4. The van der Waals surface area contributed by atoms with Gasteiger partial charge in [-0.25, -0.2) is 4.39 Å². The molecular formula is C16H23BrClFN2O2. The summed E-state index contributed by atoms with van der Waals surface area (Å²) in [6.07, 6.45) is 2.25. The Morgan fingerprint density at radius 2 is 2.13 bits per heavy atom. The Kier molecular flexibility index (Phi) is 8.47. The van der Waals surface area contributed by atoms with Crippen LogP contribution in [0.5, 0.6) is 0 Å². The zero-order valence-electron chi connectivity index (χ0n) is 13.2. The van der Waals surface area contributed by atoms with Crippen molar-refractivity contribution in [3.05, 3.63) is 34.1 Å². The SMILES string of the molecule is COCC1(C(=O)NCCc2ccc(F)c(Br)c2)CCNCC1.Cl. The summed E-state index contributed by atoms with van der Waals surface area (Å²) in [6.45, 7) is 2.65. The molecule has 0 aliphatic carbocycles. The monoisotopic (exact) mass is 408 g/mol. The van der Waals surface area contributed by atoms with Crippen molar-refractivity contribution in [3.8, 4) is 0 Å². The van der Waals surface area contributed by atoms with Gasteiger partial charge in [0, 0.05) is 13.7 Å². The molecule has 1 amide bonds. The largest absolute Gasteiger partial charge is 0.384 e. The summed E-state index contributed by atoms with van der Waals surface area (Å²) >= 11 is 3.17. The first-order chi connectivity index (χ1) is 10.6. The van der Waals surface area contributed by atoms with Crippen LogP contribution < -0.4 is 10.6 Å². The smallest absolute Gasteiger partial charge is 0.228 e. The molecule has 0 aromatic heterocycles. The van der Waals surface area contributed by atoms with Crippen molar-refractivity contribution in [1.29, 1.82) is 0 Å². The minimum absolute atomic E-state index is 0. The van der Waals surface area contributed by atoms with Gasteiger partial charge in [0.1, 0.15) is 5.82 Å². The minimum atomic E-state index is -0.427. The lowest BCUT2D eigenvalue weighted by Crippen LogP contribution is -2.50. The molecule has 7 heteroatoms. The van der Waals surface area contributed by atoms with Crippen LogP contribution >= 0.6 is 28.3 Å². The highest BCUT2D eigenvalue weighted by Crippen LogP contribution is 2.29. The van der Waals surface area contributed by atoms with Gasteiger partial charge in [-0.05, 0) is 66.0 Å². The van der Waals surface area contributed by atoms with Gasteiger partial charge >= 0.3 is 0 Å². The molecule has 1 aromatic carbocycles. The highest BCUT2D eigenvalue weighted by molar-refractivity contribution is 9.10. The predicted octanol–water partition coefficient (Wildman–Crippen LogP) is 2.68. The molecule has 1 saturated heterocycles. The summed E-state index contributed by atoms with van der Waals surface area (Å²) in [5, 5.41) is 6.27. The minimum Gasteiger partial charge on any atom is -0.384 e. The predicted molar refractivity (Wildman–Crippen MR) is 94.5 cm³/mol. The number of ether oxygens (including phenoxy) is 1. The number of hydrogen-bond donors (Lipinski definition) is 2. The van der Waals surface area contributed by atoms with E-state index >= 15 is 0 Å². The number of nitrogens with one attached hydrogen (secondary N) is 2. The van der Waals surface area contributed by atoms with E-state index in [9.17, 15) is 9.18 Å². The molecule has 130 valence electrons. The zero-order valence-corrected chi connectivity index (χ0v) is 15.6. The maximum absolute atomic E-state index is 13.2. The Labute approximate surface area is 151 Å². The second-order valence-corrected chi connectivity index (χ2v) is 6.57. The summed E-state index contributed by atoms with van der Waals surface area (Å²) in [5.41, 5.74) is 0.559. The Hall–Kier alpha value is -0.690. The molecule has 0 atom stereocenters. The molecule has 2 rings (SSSR count). The summed E-state index contributed by atoms with van der Waals surface area (Å²) in [7, 11) is 1.63. The van der Waals surface area contributed by atoms with E-state index in [-0.39, 0.29) is 24.1 Å². The van der Waals surface area contributed by atoms with E-state index in [0.717, 1.165) is 31.5 Å². The molecule has 1 heterocycles. The van der Waals surface area contributed by atoms with Crippen LogP contribution in [-0.2, 0) is 16.0 Å². The summed E-state index contributed by atoms with van der Waals surface area (Å²) in [4.78, 5) is 12.5. The number of hydrogen-bond acceptors (Lipinski definition) is 3. The highest BCUT2D eigenvalue weighted by Gasteiger charge is 2.39. The quantitative estimate of drug-likeness (QED) is 0.759.